The van der Waals surface area contributed by atoms with Crippen LogP contribution in [-0.4, -0.2) is 36.2 Å². The smallest absolute Gasteiger partial charge is 0.226 e. The molecule has 0 bridgehead atoms. The van der Waals surface area contributed by atoms with Crippen molar-refractivity contribution in [3.05, 3.63) is 70.7 Å². The molecule has 29 heavy (non-hydrogen) atoms. The Balaban J connectivity index is 1.52. The first-order chi connectivity index (χ1) is 14.0. The van der Waals surface area contributed by atoms with Gasteiger partial charge in [0.05, 0.1) is 12.0 Å². The van der Waals surface area contributed by atoms with Crippen LogP contribution in [0.2, 0.25) is 5.02 Å². The van der Waals surface area contributed by atoms with Gasteiger partial charge in [-0.25, -0.2) is 0 Å². The van der Waals surface area contributed by atoms with E-state index in [2.05, 4.69) is 10.6 Å². The van der Waals surface area contributed by atoms with E-state index in [-0.39, 0.29) is 43.1 Å². The number of hydrogen-bond donors (Lipinski definition) is 2. The molecule has 2 aromatic rings. The molecule has 0 aliphatic carbocycles. The summed E-state index contributed by atoms with van der Waals surface area (Å²) in [6.07, 6.45) is 0.316. The van der Waals surface area contributed by atoms with Gasteiger partial charge < -0.3 is 15.5 Å². The van der Waals surface area contributed by atoms with E-state index in [0.717, 1.165) is 11.1 Å². The molecule has 2 aromatic carbocycles. The lowest BCUT2D eigenvalue weighted by Gasteiger charge is -2.25. The van der Waals surface area contributed by atoms with Crippen LogP contribution in [0.5, 0.6) is 0 Å². The fraction of sp³-hybridized carbons (Fsp3) is 0.318. The molecule has 2 atom stereocenters. The predicted molar refractivity (Wildman–Crippen MR) is 111 cm³/mol. The summed E-state index contributed by atoms with van der Waals surface area (Å²) < 4.78 is 0. The highest BCUT2D eigenvalue weighted by Crippen LogP contribution is 2.37. The summed E-state index contributed by atoms with van der Waals surface area (Å²) in [7, 11) is 1.69. The first-order valence-corrected chi connectivity index (χ1v) is 9.93. The normalized spacial score (nSPS) is 18.6. The lowest BCUT2D eigenvalue weighted by atomic mass is 9.93. The van der Waals surface area contributed by atoms with E-state index in [1.165, 1.54) is 0 Å². The quantitative estimate of drug-likeness (QED) is 0.732. The number of nitrogens with one attached hydrogen (secondary N) is 2. The summed E-state index contributed by atoms with van der Waals surface area (Å²) in [5.41, 5.74) is 1.84. The third-order valence-corrected chi connectivity index (χ3v) is 5.33. The van der Waals surface area contributed by atoms with Gasteiger partial charge in [-0.05, 0) is 23.3 Å². The highest BCUT2D eigenvalue weighted by atomic mass is 35.5. The van der Waals surface area contributed by atoms with Crippen molar-refractivity contribution >= 4 is 29.3 Å². The Kier molecular flexibility index (Phi) is 6.88. The van der Waals surface area contributed by atoms with E-state index in [1.807, 2.05) is 36.4 Å². The van der Waals surface area contributed by atoms with Crippen LogP contribution >= 0.6 is 11.6 Å². The van der Waals surface area contributed by atoms with E-state index in [1.54, 1.807) is 30.1 Å². The molecule has 1 saturated heterocycles. The third-order valence-electron chi connectivity index (χ3n) is 5.10. The predicted octanol–water partition coefficient (Wildman–Crippen LogP) is 2.68. The van der Waals surface area contributed by atoms with Gasteiger partial charge in [-0.1, -0.05) is 54.1 Å². The van der Waals surface area contributed by atoms with E-state index in [9.17, 15) is 14.4 Å². The van der Waals surface area contributed by atoms with Gasteiger partial charge >= 0.3 is 0 Å². The minimum atomic E-state index is -0.515. The van der Waals surface area contributed by atoms with Gasteiger partial charge in [0.1, 0.15) is 0 Å². The van der Waals surface area contributed by atoms with E-state index < -0.39 is 5.92 Å². The van der Waals surface area contributed by atoms with Gasteiger partial charge in [0.15, 0.2) is 0 Å². The Morgan fingerprint density at radius 2 is 1.86 bits per heavy atom. The number of halogens is 1. The molecule has 0 saturated carbocycles. The minimum absolute atomic E-state index is 0.0873. The molecule has 1 aliphatic heterocycles. The zero-order valence-electron chi connectivity index (χ0n) is 16.2. The van der Waals surface area contributed by atoms with Crippen LogP contribution in [0.4, 0.5) is 0 Å². The topological polar surface area (TPSA) is 78.5 Å². The number of nitrogens with zero attached hydrogens (tertiary/aromatic N) is 1. The largest absolute Gasteiger partial charge is 0.355 e. The van der Waals surface area contributed by atoms with Gasteiger partial charge in [-0.15, -0.1) is 0 Å². The average molecular weight is 414 g/mol. The molecule has 152 valence electrons. The maximum atomic E-state index is 12.7. The molecular formula is C22H24ClN3O3. The minimum Gasteiger partial charge on any atom is -0.355 e. The Bertz CT molecular complexity index is 888. The summed E-state index contributed by atoms with van der Waals surface area (Å²) in [6, 6.07) is 16.5. The lowest BCUT2D eigenvalue weighted by Crippen LogP contribution is -2.36. The molecule has 0 aromatic heterocycles. The number of amides is 3. The maximum Gasteiger partial charge on any atom is 0.226 e. The molecule has 2 N–H and O–H groups in total. The highest BCUT2D eigenvalue weighted by molar-refractivity contribution is 6.30. The van der Waals surface area contributed by atoms with Crippen molar-refractivity contribution in [3.63, 3.8) is 0 Å². The van der Waals surface area contributed by atoms with Crippen LogP contribution in [0.3, 0.4) is 0 Å². The zero-order valence-corrected chi connectivity index (χ0v) is 17.0. The molecule has 3 amide bonds. The van der Waals surface area contributed by atoms with Gasteiger partial charge in [0.25, 0.3) is 0 Å². The molecule has 0 spiro atoms. The number of benzene rings is 2. The van der Waals surface area contributed by atoms with Crippen molar-refractivity contribution in [2.75, 3.05) is 13.6 Å². The summed E-state index contributed by atoms with van der Waals surface area (Å²) in [5.74, 6) is -0.974. The number of carbonyl (C=O) groups excluding carboxylic acids is 3. The number of carbonyl (C=O) groups is 3. The molecule has 2 unspecified atom stereocenters. The molecule has 3 rings (SSSR count). The van der Waals surface area contributed by atoms with Crippen LogP contribution in [0.1, 0.15) is 30.0 Å². The maximum absolute atomic E-state index is 12.7. The molecule has 1 fully saturated rings. The van der Waals surface area contributed by atoms with Crippen LogP contribution < -0.4 is 10.6 Å². The fourth-order valence-electron chi connectivity index (χ4n) is 3.57. The summed E-state index contributed by atoms with van der Waals surface area (Å²) in [6.45, 7) is 0.669. The van der Waals surface area contributed by atoms with Crippen LogP contribution in [-0.2, 0) is 20.9 Å². The third kappa shape index (κ3) is 5.35. The lowest BCUT2D eigenvalue weighted by molar-refractivity contribution is -0.128. The van der Waals surface area contributed by atoms with Gasteiger partial charge in [-0.2, -0.15) is 0 Å². The van der Waals surface area contributed by atoms with Gasteiger partial charge in [-0.3, -0.25) is 14.4 Å². The van der Waals surface area contributed by atoms with Crippen molar-refractivity contribution in [1.29, 1.82) is 0 Å². The first-order valence-electron chi connectivity index (χ1n) is 9.55. The number of likely N-dealkylation sites (tertiary alicyclic amines) is 1. The van der Waals surface area contributed by atoms with Gasteiger partial charge in [0, 0.05) is 38.0 Å². The Morgan fingerprint density at radius 3 is 2.59 bits per heavy atom. The van der Waals surface area contributed by atoms with E-state index in [4.69, 9.17) is 11.6 Å². The Hall–Kier alpha value is -2.86. The Labute approximate surface area is 175 Å². The zero-order chi connectivity index (χ0) is 20.8. The summed E-state index contributed by atoms with van der Waals surface area (Å²) in [4.78, 5) is 38.5. The highest BCUT2D eigenvalue weighted by Gasteiger charge is 2.42. The molecular weight excluding hydrogens is 390 g/mol. The second-order valence-electron chi connectivity index (χ2n) is 7.12. The first kappa shape index (κ1) is 20.9. The SMILES string of the molecule is CN1C(=O)CC(C(=O)NCCC(=O)NCc2ccccc2)C1c1cccc(Cl)c1. The molecule has 7 heteroatoms. The van der Waals surface area contributed by atoms with E-state index in [0.29, 0.717) is 11.6 Å². The standard InChI is InChI=1S/C22H24ClN3O3/c1-26-20(28)13-18(21(26)16-8-5-9-17(23)12-16)22(29)24-11-10-19(27)25-14-15-6-3-2-4-7-15/h2-9,12,18,21H,10-11,13-14H2,1H3,(H,24,29)(H,25,27). The fourth-order valence-corrected chi connectivity index (χ4v) is 3.77. The van der Waals surface area contributed by atoms with Crippen molar-refractivity contribution in [3.8, 4) is 0 Å². The second-order valence-corrected chi connectivity index (χ2v) is 7.55. The van der Waals surface area contributed by atoms with Crippen LogP contribution in [0.25, 0.3) is 0 Å². The van der Waals surface area contributed by atoms with Crippen LogP contribution in [0, 0.1) is 5.92 Å². The summed E-state index contributed by atoms with van der Waals surface area (Å²) >= 11 is 6.08. The molecule has 1 heterocycles. The van der Waals surface area contributed by atoms with Crippen molar-refractivity contribution in [2.45, 2.75) is 25.4 Å². The van der Waals surface area contributed by atoms with E-state index >= 15 is 0 Å². The van der Waals surface area contributed by atoms with Crippen molar-refractivity contribution in [1.82, 2.24) is 15.5 Å². The number of rotatable bonds is 7. The average Bonchev–Trinajstić information content (AvgIpc) is 3.02. The monoisotopic (exact) mass is 413 g/mol. The molecule has 1 aliphatic rings. The van der Waals surface area contributed by atoms with Gasteiger partial charge in [0.2, 0.25) is 17.7 Å². The van der Waals surface area contributed by atoms with Crippen LogP contribution in [0.15, 0.2) is 54.6 Å². The van der Waals surface area contributed by atoms with Crippen molar-refractivity contribution in [2.24, 2.45) is 5.92 Å². The van der Waals surface area contributed by atoms with Crippen molar-refractivity contribution < 1.29 is 14.4 Å². The Morgan fingerprint density at radius 1 is 1.10 bits per heavy atom. The second kappa shape index (κ2) is 9.56. The number of hydrogen-bond acceptors (Lipinski definition) is 3. The molecule has 0 radical (unpaired) electrons. The molecule has 6 nitrogen and oxygen atoms in total. The summed E-state index contributed by atoms with van der Waals surface area (Å²) in [5, 5.41) is 6.19.